The zero-order chi connectivity index (χ0) is 11.2. The molecule has 15 heavy (non-hydrogen) atoms. The Kier molecular flexibility index (Phi) is 14.8. The van der Waals surface area contributed by atoms with E-state index in [4.69, 9.17) is 0 Å². The molecule has 0 spiro atoms. The summed E-state index contributed by atoms with van der Waals surface area (Å²) in [5.74, 6) is 0. The third-order valence-corrected chi connectivity index (χ3v) is 3.38. The van der Waals surface area contributed by atoms with Crippen molar-refractivity contribution in [2.24, 2.45) is 0 Å². The van der Waals surface area contributed by atoms with E-state index in [0.717, 1.165) is 0 Å². The lowest BCUT2D eigenvalue weighted by Crippen LogP contribution is -1.82. The van der Waals surface area contributed by atoms with Crippen LogP contribution in [0, 0.1) is 0 Å². The molecule has 1 heteroatoms. The van der Waals surface area contributed by atoms with Gasteiger partial charge in [-0.1, -0.05) is 86.8 Å². The smallest absolute Gasteiger partial charge is 0.0317 e. The second kappa shape index (κ2) is 14.4. The molecule has 0 unspecified atom stereocenters. The molecule has 0 rings (SSSR count). The van der Waals surface area contributed by atoms with Crippen molar-refractivity contribution < 1.29 is 0 Å². The zero-order valence-electron chi connectivity index (χ0n) is 10.7. The zero-order valence-corrected chi connectivity index (χ0v) is 11.7. The standard InChI is InChI=1S/C14H30P/c1-2-3-4-5-6-7-8-9-10-11-12-13-14-15/h15H,2-14H2,1H3. The Morgan fingerprint density at radius 2 is 0.867 bits per heavy atom. The molecule has 0 saturated carbocycles. The summed E-state index contributed by atoms with van der Waals surface area (Å²) in [6.45, 7) is 2.28. The summed E-state index contributed by atoms with van der Waals surface area (Å²) >= 11 is 0. The van der Waals surface area contributed by atoms with Crippen LogP contribution in [0.1, 0.15) is 84.0 Å². The fourth-order valence-electron chi connectivity index (χ4n) is 1.97. The van der Waals surface area contributed by atoms with E-state index in [-0.39, 0.29) is 0 Å². The quantitative estimate of drug-likeness (QED) is 0.292. The van der Waals surface area contributed by atoms with Crippen LogP contribution >= 0.6 is 9.24 Å². The normalized spacial score (nSPS) is 10.8. The van der Waals surface area contributed by atoms with Crippen LogP contribution in [0.15, 0.2) is 0 Å². The minimum absolute atomic E-state index is 1.18. The van der Waals surface area contributed by atoms with E-state index in [1.807, 2.05) is 0 Å². The molecule has 0 N–H and O–H groups in total. The van der Waals surface area contributed by atoms with Crippen LogP contribution in [-0.2, 0) is 0 Å². The van der Waals surface area contributed by atoms with Gasteiger partial charge in [-0.15, -0.1) is 0 Å². The largest absolute Gasteiger partial charge is 0.0992 e. The van der Waals surface area contributed by atoms with E-state index < -0.39 is 0 Å². The first-order chi connectivity index (χ1) is 7.41. The highest BCUT2D eigenvalue weighted by molar-refractivity contribution is 7.16. The van der Waals surface area contributed by atoms with Gasteiger partial charge in [0.2, 0.25) is 0 Å². The maximum atomic E-state index is 3.52. The van der Waals surface area contributed by atoms with Crippen molar-refractivity contribution in [2.75, 3.05) is 6.16 Å². The van der Waals surface area contributed by atoms with Gasteiger partial charge in [-0.3, -0.25) is 0 Å². The van der Waals surface area contributed by atoms with Crippen LogP contribution in [0.4, 0.5) is 0 Å². The highest BCUT2D eigenvalue weighted by Crippen LogP contribution is 2.11. The number of rotatable bonds is 12. The first-order valence-electron chi connectivity index (χ1n) is 7.06. The van der Waals surface area contributed by atoms with E-state index in [0.29, 0.717) is 0 Å². The second-order valence-corrected chi connectivity index (χ2v) is 5.14. The molecule has 0 atom stereocenters. The van der Waals surface area contributed by atoms with Crippen LogP contribution < -0.4 is 0 Å². The lowest BCUT2D eigenvalue weighted by atomic mass is 10.1. The third kappa shape index (κ3) is 14.4. The van der Waals surface area contributed by atoms with Gasteiger partial charge >= 0.3 is 0 Å². The van der Waals surface area contributed by atoms with Gasteiger partial charge in [0.05, 0.1) is 0 Å². The van der Waals surface area contributed by atoms with E-state index in [9.17, 15) is 0 Å². The Hall–Kier alpha value is 0.430. The molecular formula is C14H30P. The minimum Gasteiger partial charge on any atom is -0.0992 e. The average molecular weight is 229 g/mol. The van der Waals surface area contributed by atoms with Gasteiger partial charge in [-0.25, -0.2) is 0 Å². The highest BCUT2D eigenvalue weighted by Gasteiger charge is 1.92. The van der Waals surface area contributed by atoms with Crippen LogP contribution in [0.2, 0.25) is 0 Å². The first kappa shape index (κ1) is 15.4. The number of hydrogen-bond donors (Lipinski definition) is 0. The van der Waals surface area contributed by atoms with Gasteiger partial charge in [0.25, 0.3) is 0 Å². The lowest BCUT2D eigenvalue weighted by Gasteiger charge is -2.01. The topological polar surface area (TPSA) is 0 Å². The van der Waals surface area contributed by atoms with Crippen molar-refractivity contribution in [3.05, 3.63) is 0 Å². The summed E-state index contributed by atoms with van der Waals surface area (Å²) < 4.78 is 0. The molecule has 0 saturated heterocycles. The van der Waals surface area contributed by atoms with Gasteiger partial charge in [-0.05, 0) is 12.6 Å². The van der Waals surface area contributed by atoms with Crippen molar-refractivity contribution in [2.45, 2.75) is 84.0 Å². The van der Waals surface area contributed by atoms with Gasteiger partial charge in [0, 0.05) is 0 Å². The van der Waals surface area contributed by atoms with Gasteiger partial charge in [-0.2, -0.15) is 0 Å². The molecule has 0 bridgehead atoms. The Morgan fingerprint density at radius 1 is 0.533 bits per heavy atom. The summed E-state index contributed by atoms with van der Waals surface area (Å²) in [5, 5.41) is 0. The molecule has 91 valence electrons. The molecule has 0 aliphatic rings. The molecule has 0 aromatic heterocycles. The van der Waals surface area contributed by atoms with Crippen molar-refractivity contribution in [1.82, 2.24) is 0 Å². The summed E-state index contributed by atoms with van der Waals surface area (Å²) in [4.78, 5) is 0. The minimum atomic E-state index is 1.18. The maximum absolute atomic E-state index is 3.52. The van der Waals surface area contributed by atoms with Gasteiger partial charge < -0.3 is 0 Å². The van der Waals surface area contributed by atoms with E-state index in [2.05, 4.69) is 16.2 Å². The molecule has 0 aromatic carbocycles. The van der Waals surface area contributed by atoms with E-state index in [1.165, 1.54) is 83.2 Å². The molecule has 0 aliphatic heterocycles. The SMILES string of the molecule is CCCCCCCCCCCCCC[PH]. The highest BCUT2D eigenvalue weighted by atomic mass is 31.0. The molecule has 0 aliphatic carbocycles. The van der Waals surface area contributed by atoms with Crippen LogP contribution in [0.25, 0.3) is 0 Å². The molecule has 0 aromatic rings. The van der Waals surface area contributed by atoms with Crippen LogP contribution in [0.5, 0.6) is 0 Å². The van der Waals surface area contributed by atoms with Crippen LogP contribution in [-0.4, -0.2) is 6.16 Å². The second-order valence-electron chi connectivity index (χ2n) is 4.64. The van der Waals surface area contributed by atoms with Gasteiger partial charge in [0.15, 0.2) is 0 Å². The predicted molar refractivity (Wildman–Crippen MR) is 74.3 cm³/mol. The summed E-state index contributed by atoms with van der Waals surface area (Å²) in [5.41, 5.74) is 0. The third-order valence-electron chi connectivity index (χ3n) is 3.03. The summed E-state index contributed by atoms with van der Waals surface area (Å²) in [6, 6.07) is 0. The number of unbranched alkanes of at least 4 members (excludes halogenated alkanes) is 11. The van der Waals surface area contributed by atoms with Crippen molar-refractivity contribution >= 4 is 9.24 Å². The molecule has 0 amide bonds. The number of hydrogen-bond acceptors (Lipinski definition) is 0. The fraction of sp³-hybridized carbons (Fsp3) is 1.00. The monoisotopic (exact) mass is 229 g/mol. The van der Waals surface area contributed by atoms with Crippen molar-refractivity contribution in [3.8, 4) is 0 Å². The Labute approximate surface area is 99.8 Å². The molecule has 0 nitrogen and oxygen atoms in total. The van der Waals surface area contributed by atoms with Crippen LogP contribution in [0.3, 0.4) is 0 Å². The summed E-state index contributed by atoms with van der Waals surface area (Å²) in [6.07, 6.45) is 18.5. The van der Waals surface area contributed by atoms with E-state index in [1.54, 1.807) is 0 Å². The first-order valence-corrected chi connectivity index (χ1v) is 7.77. The molecule has 0 fully saturated rings. The maximum Gasteiger partial charge on any atom is -0.0317 e. The molecule has 1 radical (unpaired) electrons. The Bertz CT molecular complexity index is 89.5. The summed E-state index contributed by atoms with van der Waals surface area (Å²) in [7, 11) is 3.52. The van der Waals surface area contributed by atoms with E-state index >= 15 is 0 Å². The Balaban J connectivity index is 2.81. The average Bonchev–Trinajstić information content (AvgIpc) is 2.26. The fourth-order valence-corrected chi connectivity index (χ4v) is 2.22. The molecule has 0 heterocycles. The molecular weight excluding hydrogens is 199 g/mol. The van der Waals surface area contributed by atoms with Crippen molar-refractivity contribution in [3.63, 3.8) is 0 Å². The predicted octanol–water partition coefficient (Wildman–Crippen LogP) is 5.83. The van der Waals surface area contributed by atoms with Gasteiger partial charge in [0.1, 0.15) is 0 Å². The Morgan fingerprint density at radius 3 is 1.20 bits per heavy atom. The lowest BCUT2D eigenvalue weighted by molar-refractivity contribution is 0.548. The van der Waals surface area contributed by atoms with Crippen molar-refractivity contribution in [1.29, 1.82) is 0 Å².